The van der Waals surface area contributed by atoms with Gasteiger partial charge in [-0.2, -0.15) is 4.31 Å². The van der Waals surface area contributed by atoms with Gasteiger partial charge in [0.15, 0.2) is 0 Å². The molecule has 1 aliphatic rings. The van der Waals surface area contributed by atoms with E-state index in [1.54, 1.807) is 30.3 Å². The molecule has 10 heteroatoms. The molecule has 1 fully saturated rings. The summed E-state index contributed by atoms with van der Waals surface area (Å²) in [7, 11) is -7.33. The third kappa shape index (κ3) is 5.30. The predicted octanol–water partition coefficient (Wildman–Crippen LogP) is 3.83. The molecule has 0 radical (unpaired) electrons. The van der Waals surface area contributed by atoms with Crippen LogP contribution in [0.2, 0.25) is 0 Å². The molecule has 3 aromatic carbocycles. The summed E-state index contributed by atoms with van der Waals surface area (Å²) in [5, 5.41) is 2.71. The zero-order valence-electron chi connectivity index (χ0n) is 18.6. The number of amides is 1. The van der Waals surface area contributed by atoms with Gasteiger partial charge >= 0.3 is 0 Å². The van der Waals surface area contributed by atoms with Crippen molar-refractivity contribution in [1.29, 1.82) is 0 Å². The van der Waals surface area contributed by atoms with Crippen LogP contribution in [0.15, 0.2) is 82.6 Å². The van der Waals surface area contributed by atoms with Crippen molar-refractivity contribution in [2.24, 2.45) is 0 Å². The lowest BCUT2D eigenvalue weighted by Crippen LogP contribution is -2.27. The molecule has 0 unspecified atom stereocenters. The highest BCUT2D eigenvalue weighted by atomic mass is 32.2. The van der Waals surface area contributed by atoms with Gasteiger partial charge in [-0.3, -0.25) is 9.52 Å². The fraction of sp³-hybridized carbons (Fsp3) is 0.208. The van der Waals surface area contributed by atoms with E-state index < -0.39 is 26.0 Å². The molecular formula is C24H25N3O5S2. The minimum Gasteiger partial charge on any atom is -0.322 e. The van der Waals surface area contributed by atoms with Crippen LogP contribution in [-0.2, 0) is 20.0 Å². The summed E-state index contributed by atoms with van der Waals surface area (Å²) >= 11 is 0. The Labute approximate surface area is 199 Å². The quantitative estimate of drug-likeness (QED) is 0.513. The Morgan fingerprint density at radius 2 is 1.41 bits per heavy atom. The minimum absolute atomic E-state index is 0.122. The standard InChI is InChI=1S/C24H25N3O5S2/c1-18-7-11-22(12-8-18)33(29,30)26-21-6-4-5-19(17-21)24(28)25-20-9-13-23(14-10-20)34(31,32)27-15-2-3-16-27/h4-14,17,26H,2-3,15-16H2,1H3,(H,25,28). The second kappa shape index (κ2) is 9.57. The molecule has 8 nitrogen and oxygen atoms in total. The molecular weight excluding hydrogens is 474 g/mol. The fourth-order valence-corrected chi connectivity index (χ4v) is 6.21. The number of anilines is 2. The summed E-state index contributed by atoms with van der Waals surface area (Å²) in [6.45, 7) is 2.90. The number of carbonyl (C=O) groups excluding carboxylic acids is 1. The van der Waals surface area contributed by atoms with E-state index in [9.17, 15) is 21.6 Å². The Bertz CT molecular complexity index is 1400. The molecule has 3 aromatic rings. The first-order valence-electron chi connectivity index (χ1n) is 10.8. The van der Waals surface area contributed by atoms with Crippen LogP contribution < -0.4 is 10.0 Å². The minimum atomic E-state index is -3.80. The van der Waals surface area contributed by atoms with E-state index in [1.165, 1.54) is 46.8 Å². The normalized spacial score (nSPS) is 14.6. The van der Waals surface area contributed by atoms with Gasteiger partial charge in [0.05, 0.1) is 9.79 Å². The van der Waals surface area contributed by atoms with Gasteiger partial charge < -0.3 is 5.32 Å². The van der Waals surface area contributed by atoms with Crippen LogP contribution in [0.5, 0.6) is 0 Å². The zero-order chi connectivity index (χ0) is 24.3. The molecule has 2 N–H and O–H groups in total. The van der Waals surface area contributed by atoms with Crippen molar-refractivity contribution < 1.29 is 21.6 Å². The first-order chi connectivity index (χ1) is 16.1. The number of nitrogens with zero attached hydrogens (tertiary/aromatic N) is 1. The van der Waals surface area contributed by atoms with Gasteiger partial charge in [0.25, 0.3) is 15.9 Å². The number of nitrogens with one attached hydrogen (secondary N) is 2. The zero-order valence-corrected chi connectivity index (χ0v) is 20.2. The molecule has 0 saturated carbocycles. The van der Waals surface area contributed by atoms with Crippen molar-refractivity contribution >= 4 is 37.3 Å². The first-order valence-corrected chi connectivity index (χ1v) is 13.7. The Balaban J connectivity index is 1.46. The van der Waals surface area contributed by atoms with Crippen LogP contribution in [0.4, 0.5) is 11.4 Å². The third-order valence-corrected chi connectivity index (χ3v) is 8.83. The molecule has 0 bridgehead atoms. The molecule has 0 spiro atoms. The van der Waals surface area contributed by atoms with Crippen molar-refractivity contribution in [3.8, 4) is 0 Å². The van der Waals surface area contributed by atoms with Crippen LogP contribution in [0.3, 0.4) is 0 Å². The second-order valence-corrected chi connectivity index (χ2v) is 11.7. The second-order valence-electron chi connectivity index (χ2n) is 8.09. The molecule has 1 aliphatic heterocycles. The van der Waals surface area contributed by atoms with Crippen molar-refractivity contribution in [1.82, 2.24) is 4.31 Å². The Kier molecular flexibility index (Phi) is 6.74. The summed E-state index contributed by atoms with van der Waals surface area (Å²) < 4.78 is 54.5. The lowest BCUT2D eigenvalue weighted by Gasteiger charge is -2.15. The summed E-state index contributed by atoms with van der Waals surface area (Å²) in [5.74, 6) is -0.452. The summed E-state index contributed by atoms with van der Waals surface area (Å²) in [5.41, 5.74) is 1.87. The molecule has 0 aromatic heterocycles. The highest BCUT2D eigenvalue weighted by Crippen LogP contribution is 2.23. The van der Waals surface area contributed by atoms with Crippen molar-refractivity contribution in [3.63, 3.8) is 0 Å². The van der Waals surface area contributed by atoms with Gasteiger partial charge in [-0.25, -0.2) is 16.8 Å². The average molecular weight is 500 g/mol. The van der Waals surface area contributed by atoms with Crippen LogP contribution in [-0.4, -0.2) is 40.1 Å². The molecule has 1 amide bonds. The first kappa shape index (κ1) is 23.9. The van der Waals surface area contributed by atoms with Crippen LogP contribution in [0, 0.1) is 6.92 Å². The van der Waals surface area contributed by atoms with Gasteiger partial charge in [-0.05, 0) is 74.4 Å². The number of sulfonamides is 2. The van der Waals surface area contributed by atoms with E-state index >= 15 is 0 Å². The highest BCUT2D eigenvalue weighted by molar-refractivity contribution is 7.92. The fourth-order valence-electron chi connectivity index (χ4n) is 3.65. The van der Waals surface area contributed by atoms with Crippen molar-refractivity contribution in [2.45, 2.75) is 29.6 Å². The van der Waals surface area contributed by atoms with E-state index in [4.69, 9.17) is 0 Å². The van der Waals surface area contributed by atoms with Crippen molar-refractivity contribution in [3.05, 3.63) is 83.9 Å². The summed E-state index contributed by atoms with van der Waals surface area (Å²) in [6, 6.07) is 18.6. The number of benzene rings is 3. The molecule has 4 rings (SSSR count). The molecule has 1 saturated heterocycles. The maximum absolute atomic E-state index is 12.7. The van der Waals surface area contributed by atoms with Crippen LogP contribution >= 0.6 is 0 Å². The van der Waals surface area contributed by atoms with E-state index in [-0.39, 0.29) is 21.0 Å². The molecule has 1 heterocycles. The monoisotopic (exact) mass is 499 g/mol. The molecule has 0 aliphatic carbocycles. The van der Waals surface area contributed by atoms with Gasteiger partial charge in [-0.1, -0.05) is 23.8 Å². The van der Waals surface area contributed by atoms with Gasteiger partial charge in [-0.15, -0.1) is 0 Å². The lowest BCUT2D eigenvalue weighted by atomic mass is 10.2. The number of rotatable bonds is 7. The smallest absolute Gasteiger partial charge is 0.261 e. The average Bonchev–Trinajstić information content (AvgIpc) is 3.36. The van der Waals surface area contributed by atoms with Gasteiger partial charge in [0, 0.05) is 30.0 Å². The molecule has 0 atom stereocenters. The predicted molar refractivity (Wildman–Crippen MR) is 131 cm³/mol. The summed E-state index contributed by atoms with van der Waals surface area (Å²) in [6.07, 6.45) is 1.71. The van der Waals surface area contributed by atoms with E-state index in [1.807, 2.05) is 6.92 Å². The highest BCUT2D eigenvalue weighted by Gasteiger charge is 2.27. The topological polar surface area (TPSA) is 113 Å². The van der Waals surface area contributed by atoms with E-state index in [0.717, 1.165) is 18.4 Å². The number of hydrogen-bond acceptors (Lipinski definition) is 5. The Morgan fingerprint density at radius 1 is 0.794 bits per heavy atom. The summed E-state index contributed by atoms with van der Waals surface area (Å²) in [4.78, 5) is 13.0. The number of aryl methyl sites for hydroxylation is 1. The Hall–Kier alpha value is -3.21. The maximum Gasteiger partial charge on any atom is 0.261 e. The Morgan fingerprint density at radius 3 is 2.06 bits per heavy atom. The SMILES string of the molecule is Cc1ccc(S(=O)(=O)Nc2cccc(C(=O)Nc3ccc(S(=O)(=O)N4CCCC4)cc3)c2)cc1. The van der Waals surface area contributed by atoms with Gasteiger partial charge in [0.1, 0.15) is 0 Å². The lowest BCUT2D eigenvalue weighted by molar-refractivity contribution is 0.102. The van der Waals surface area contributed by atoms with Crippen molar-refractivity contribution in [2.75, 3.05) is 23.1 Å². The largest absolute Gasteiger partial charge is 0.322 e. The van der Waals surface area contributed by atoms with Crippen LogP contribution in [0.1, 0.15) is 28.8 Å². The molecule has 178 valence electrons. The number of hydrogen-bond donors (Lipinski definition) is 2. The third-order valence-electron chi connectivity index (χ3n) is 5.52. The van der Waals surface area contributed by atoms with E-state index in [0.29, 0.717) is 18.8 Å². The molecule has 34 heavy (non-hydrogen) atoms. The maximum atomic E-state index is 12.7. The van der Waals surface area contributed by atoms with Crippen LogP contribution in [0.25, 0.3) is 0 Å². The number of carbonyl (C=O) groups is 1. The van der Waals surface area contributed by atoms with Gasteiger partial charge in [0.2, 0.25) is 10.0 Å². The van der Waals surface area contributed by atoms with E-state index in [2.05, 4.69) is 10.0 Å².